The zero-order valence-electron chi connectivity index (χ0n) is 8.13. The Bertz CT molecular complexity index is 200. The van der Waals surface area contributed by atoms with Crippen LogP contribution in [0.25, 0.3) is 0 Å². The Kier molecular flexibility index (Phi) is 5.09. The Morgan fingerprint density at radius 2 is 2.00 bits per heavy atom. The molecule has 0 radical (unpaired) electrons. The first-order valence-electron chi connectivity index (χ1n) is 4.00. The lowest BCUT2D eigenvalue weighted by Crippen LogP contribution is -1.95. The normalized spacial score (nSPS) is 12.6. The average molecular weight is 168 g/mol. The van der Waals surface area contributed by atoms with Crippen molar-refractivity contribution in [3.05, 3.63) is 23.8 Å². The number of hydrogen-bond acceptors (Lipinski definition) is 2. The van der Waals surface area contributed by atoms with E-state index in [0.29, 0.717) is 5.92 Å². The molecule has 0 bridgehead atoms. The molecule has 0 unspecified atom stereocenters. The Hall–Kier alpha value is -1.05. The molecule has 0 aliphatic carbocycles. The molecule has 0 heterocycles. The van der Waals surface area contributed by atoms with E-state index in [9.17, 15) is 4.79 Å². The molecule has 0 aliphatic rings. The minimum absolute atomic E-state index is 0.305. The van der Waals surface area contributed by atoms with Gasteiger partial charge in [-0.05, 0) is 18.4 Å². The van der Waals surface area contributed by atoms with Gasteiger partial charge in [0.1, 0.15) is 0 Å². The molecule has 0 rings (SSSR count). The van der Waals surface area contributed by atoms with Crippen molar-refractivity contribution in [1.29, 1.82) is 0 Å². The van der Waals surface area contributed by atoms with Crippen molar-refractivity contribution < 1.29 is 9.53 Å². The maximum absolute atomic E-state index is 10.7. The summed E-state index contributed by atoms with van der Waals surface area (Å²) in [6.45, 7) is 6.04. The van der Waals surface area contributed by atoms with Crippen molar-refractivity contribution in [3.63, 3.8) is 0 Å². The summed E-state index contributed by atoms with van der Waals surface area (Å²) in [5.74, 6) is 0.201. The predicted octanol–water partition coefficient (Wildman–Crippen LogP) is 2.32. The van der Waals surface area contributed by atoms with Crippen molar-refractivity contribution in [2.45, 2.75) is 20.8 Å². The molecule has 0 aromatic carbocycles. The largest absolute Gasteiger partial charge is 0.466 e. The van der Waals surface area contributed by atoms with E-state index in [2.05, 4.69) is 18.6 Å². The highest BCUT2D eigenvalue weighted by Crippen LogP contribution is 2.00. The molecular formula is C10H16O2. The topological polar surface area (TPSA) is 26.3 Å². The quantitative estimate of drug-likeness (QED) is 0.367. The van der Waals surface area contributed by atoms with Crippen LogP contribution in [0.4, 0.5) is 0 Å². The Morgan fingerprint density at radius 1 is 1.42 bits per heavy atom. The highest BCUT2D eigenvalue weighted by molar-refractivity contribution is 5.83. The van der Waals surface area contributed by atoms with Gasteiger partial charge in [0.15, 0.2) is 0 Å². The minimum Gasteiger partial charge on any atom is -0.466 e. The standard InChI is InChI=1S/C10H16O2/c1-8(2)5-6-9(3)7-10(11)12-4/h5-8H,1-4H3/b6-5+,9-7-. The van der Waals surface area contributed by atoms with Crippen molar-refractivity contribution in [1.82, 2.24) is 0 Å². The second-order valence-corrected chi connectivity index (χ2v) is 3.01. The highest BCUT2D eigenvalue weighted by atomic mass is 16.5. The number of carbonyl (C=O) groups excluding carboxylic acids is 1. The van der Waals surface area contributed by atoms with Crippen LogP contribution in [-0.2, 0) is 9.53 Å². The first-order valence-corrected chi connectivity index (χ1v) is 4.00. The van der Waals surface area contributed by atoms with Crippen molar-refractivity contribution in [3.8, 4) is 0 Å². The number of ether oxygens (including phenoxy) is 1. The lowest BCUT2D eigenvalue weighted by molar-refractivity contribution is -0.134. The number of esters is 1. The number of methoxy groups -OCH3 is 1. The summed E-state index contributed by atoms with van der Waals surface area (Å²) in [7, 11) is 1.37. The lowest BCUT2D eigenvalue weighted by atomic mass is 10.1. The van der Waals surface area contributed by atoms with Gasteiger partial charge in [-0.1, -0.05) is 26.0 Å². The Labute approximate surface area is 73.9 Å². The van der Waals surface area contributed by atoms with Crippen molar-refractivity contribution >= 4 is 5.97 Å². The van der Waals surface area contributed by atoms with Gasteiger partial charge >= 0.3 is 5.97 Å². The molecule has 0 amide bonds. The van der Waals surface area contributed by atoms with Gasteiger partial charge in [0.2, 0.25) is 0 Å². The Morgan fingerprint density at radius 3 is 2.42 bits per heavy atom. The van der Waals surface area contributed by atoms with Crippen LogP contribution in [-0.4, -0.2) is 13.1 Å². The van der Waals surface area contributed by atoms with E-state index in [-0.39, 0.29) is 5.97 Å². The van der Waals surface area contributed by atoms with Gasteiger partial charge in [-0.3, -0.25) is 0 Å². The molecule has 68 valence electrons. The van der Waals surface area contributed by atoms with E-state index in [1.807, 2.05) is 19.1 Å². The average Bonchev–Trinajstić information content (AvgIpc) is 2.00. The molecule has 0 saturated heterocycles. The first-order chi connectivity index (χ1) is 5.56. The molecule has 0 spiro atoms. The minimum atomic E-state index is -0.305. The van der Waals surface area contributed by atoms with E-state index in [1.54, 1.807) is 0 Å². The van der Waals surface area contributed by atoms with E-state index in [1.165, 1.54) is 13.2 Å². The van der Waals surface area contributed by atoms with Crippen LogP contribution >= 0.6 is 0 Å². The van der Waals surface area contributed by atoms with Crippen LogP contribution < -0.4 is 0 Å². The summed E-state index contributed by atoms with van der Waals surface area (Å²) >= 11 is 0. The monoisotopic (exact) mass is 168 g/mol. The summed E-state index contributed by atoms with van der Waals surface area (Å²) < 4.78 is 4.48. The van der Waals surface area contributed by atoms with Crippen LogP contribution in [0.2, 0.25) is 0 Å². The summed E-state index contributed by atoms with van der Waals surface area (Å²) in [6, 6.07) is 0. The van der Waals surface area contributed by atoms with Crippen LogP contribution in [0, 0.1) is 5.92 Å². The number of rotatable bonds is 3. The fourth-order valence-corrected chi connectivity index (χ4v) is 0.637. The molecule has 0 atom stereocenters. The highest BCUT2D eigenvalue weighted by Gasteiger charge is 1.92. The van der Waals surface area contributed by atoms with Gasteiger partial charge < -0.3 is 4.74 Å². The summed E-state index contributed by atoms with van der Waals surface area (Å²) in [5.41, 5.74) is 0.913. The summed E-state index contributed by atoms with van der Waals surface area (Å²) in [5, 5.41) is 0. The molecule has 0 aromatic rings. The van der Waals surface area contributed by atoms with Crippen LogP contribution in [0.1, 0.15) is 20.8 Å². The SMILES string of the molecule is COC(=O)/C=C(C)\C=C\C(C)C. The molecule has 12 heavy (non-hydrogen) atoms. The molecule has 0 aromatic heterocycles. The molecule has 0 saturated carbocycles. The van der Waals surface area contributed by atoms with E-state index < -0.39 is 0 Å². The van der Waals surface area contributed by atoms with Crippen LogP contribution in [0.3, 0.4) is 0 Å². The van der Waals surface area contributed by atoms with E-state index in [4.69, 9.17) is 0 Å². The van der Waals surface area contributed by atoms with Gasteiger partial charge in [-0.25, -0.2) is 4.79 Å². The zero-order chi connectivity index (χ0) is 9.56. The smallest absolute Gasteiger partial charge is 0.330 e. The second-order valence-electron chi connectivity index (χ2n) is 3.01. The molecule has 2 heteroatoms. The first kappa shape index (κ1) is 11.0. The van der Waals surface area contributed by atoms with Gasteiger partial charge in [-0.15, -0.1) is 0 Å². The third-order valence-corrected chi connectivity index (χ3v) is 1.29. The van der Waals surface area contributed by atoms with Gasteiger partial charge in [0, 0.05) is 6.08 Å². The molecule has 0 fully saturated rings. The lowest BCUT2D eigenvalue weighted by Gasteiger charge is -1.95. The second kappa shape index (κ2) is 5.58. The van der Waals surface area contributed by atoms with Crippen molar-refractivity contribution in [2.75, 3.05) is 7.11 Å². The van der Waals surface area contributed by atoms with Gasteiger partial charge in [0.05, 0.1) is 7.11 Å². The maximum Gasteiger partial charge on any atom is 0.330 e. The number of hydrogen-bond donors (Lipinski definition) is 0. The fraction of sp³-hybridized carbons (Fsp3) is 0.500. The van der Waals surface area contributed by atoms with Gasteiger partial charge in [-0.2, -0.15) is 0 Å². The van der Waals surface area contributed by atoms with Gasteiger partial charge in [0.25, 0.3) is 0 Å². The molecule has 0 N–H and O–H groups in total. The zero-order valence-corrected chi connectivity index (χ0v) is 8.13. The molecule has 0 aliphatic heterocycles. The maximum atomic E-state index is 10.7. The van der Waals surface area contributed by atoms with Crippen molar-refractivity contribution in [2.24, 2.45) is 5.92 Å². The number of carbonyl (C=O) groups is 1. The number of allylic oxidation sites excluding steroid dienone is 3. The van der Waals surface area contributed by atoms with Crippen LogP contribution in [0.15, 0.2) is 23.8 Å². The third-order valence-electron chi connectivity index (χ3n) is 1.29. The van der Waals surface area contributed by atoms with Crippen LogP contribution in [0.5, 0.6) is 0 Å². The molecule has 2 nitrogen and oxygen atoms in total. The molecular weight excluding hydrogens is 152 g/mol. The van der Waals surface area contributed by atoms with E-state index in [0.717, 1.165) is 5.57 Å². The Balaban J connectivity index is 4.11. The van der Waals surface area contributed by atoms with E-state index >= 15 is 0 Å². The predicted molar refractivity (Wildman–Crippen MR) is 49.8 cm³/mol. The summed E-state index contributed by atoms with van der Waals surface area (Å²) in [4.78, 5) is 10.7. The fourth-order valence-electron chi connectivity index (χ4n) is 0.637. The third kappa shape index (κ3) is 5.71. The summed E-state index contributed by atoms with van der Waals surface area (Å²) in [6.07, 6.45) is 5.43.